The number of thioether (sulfide) groups is 1. The van der Waals surface area contributed by atoms with Gasteiger partial charge in [-0.1, -0.05) is 48.7 Å². The van der Waals surface area contributed by atoms with Crippen molar-refractivity contribution >= 4 is 36.6 Å². The molecule has 0 amide bonds. The van der Waals surface area contributed by atoms with Crippen molar-refractivity contribution < 1.29 is 42.5 Å². The van der Waals surface area contributed by atoms with Gasteiger partial charge in [0.25, 0.3) is 0 Å². The van der Waals surface area contributed by atoms with Gasteiger partial charge in [0.2, 0.25) is 5.12 Å². The van der Waals surface area contributed by atoms with E-state index in [9.17, 15) is 18.9 Å². The number of rotatable bonds is 13. The zero-order valence-corrected chi connectivity index (χ0v) is 23.2. The third kappa shape index (κ3) is 6.81. The Morgan fingerprint density at radius 2 is 2.05 bits per heavy atom. The molecule has 2 aliphatic rings. The molecular weight excluding hydrogens is 567 g/mol. The van der Waals surface area contributed by atoms with E-state index in [-0.39, 0.29) is 36.9 Å². The number of nitrogens with two attached hydrogens (primary N) is 1. The van der Waals surface area contributed by atoms with E-state index >= 15 is 0 Å². The molecule has 0 saturated carbocycles. The van der Waals surface area contributed by atoms with Gasteiger partial charge in [-0.25, -0.2) is 19.2 Å². The Morgan fingerprint density at radius 1 is 1.30 bits per heavy atom. The van der Waals surface area contributed by atoms with Crippen LogP contribution in [0.2, 0.25) is 0 Å². The SMILES string of the molecule is C=C(CO)C(=O)SCCOP(=O)(NCc1ccccc1)OCC1OC(n2ccc(N)nc2=O)[C@]2(C)OC(=O)O[C@H]12. The van der Waals surface area contributed by atoms with Crippen LogP contribution in [0.1, 0.15) is 18.7 Å². The molecule has 1 aromatic heterocycles. The summed E-state index contributed by atoms with van der Waals surface area (Å²) >= 11 is 0.846. The lowest BCUT2D eigenvalue weighted by Gasteiger charge is -2.26. The lowest BCUT2D eigenvalue weighted by Crippen LogP contribution is -2.44. The van der Waals surface area contributed by atoms with Gasteiger partial charge in [-0.15, -0.1) is 0 Å². The quantitative estimate of drug-likeness (QED) is 0.131. The van der Waals surface area contributed by atoms with Crippen LogP contribution >= 0.6 is 19.5 Å². The van der Waals surface area contributed by atoms with Gasteiger partial charge in [0.15, 0.2) is 17.9 Å². The highest BCUT2D eigenvalue weighted by Gasteiger charge is 2.64. The third-order valence-electron chi connectivity index (χ3n) is 6.11. The molecule has 40 heavy (non-hydrogen) atoms. The molecule has 0 aliphatic carbocycles. The fourth-order valence-corrected chi connectivity index (χ4v) is 6.16. The second kappa shape index (κ2) is 12.6. The Bertz CT molecular complexity index is 1360. The van der Waals surface area contributed by atoms with E-state index in [0.29, 0.717) is 0 Å². The average Bonchev–Trinajstić information content (AvgIpc) is 3.38. The Kier molecular flexibility index (Phi) is 9.46. The van der Waals surface area contributed by atoms with Gasteiger partial charge in [-0.3, -0.25) is 18.4 Å². The smallest absolute Gasteiger partial charge is 0.424 e. The number of fused-ring (bicyclic) bond motifs is 1. The minimum absolute atomic E-state index is 0.00335. The number of benzene rings is 1. The van der Waals surface area contributed by atoms with Crippen LogP contribution in [-0.4, -0.2) is 69.3 Å². The van der Waals surface area contributed by atoms with Crippen LogP contribution < -0.4 is 16.5 Å². The first-order chi connectivity index (χ1) is 19.0. The number of carbonyl (C=O) groups excluding carboxylic acids is 2. The van der Waals surface area contributed by atoms with Gasteiger partial charge in [-0.2, -0.15) is 4.98 Å². The fraction of sp³-hybridized carbons (Fsp3) is 0.417. The Morgan fingerprint density at radius 3 is 2.75 bits per heavy atom. The van der Waals surface area contributed by atoms with E-state index in [1.165, 1.54) is 19.2 Å². The van der Waals surface area contributed by atoms with Gasteiger partial charge in [0.1, 0.15) is 11.9 Å². The van der Waals surface area contributed by atoms with E-state index in [1.807, 2.05) is 30.3 Å². The number of nitrogens with one attached hydrogen (secondary N) is 1. The van der Waals surface area contributed by atoms with Crippen molar-refractivity contribution in [3.63, 3.8) is 0 Å². The Balaban J connectivity index is 1.47. The van der Waals surface area contributed by atoms with Crippen molar-refractivity contribution in [3.05, 3.63) is 70.8 Å². The molecule has 2 aromatic rings. The maximum atomic E-state index is 13.7. The zero-order valence-electron chi connectivity index (χ0n) is 21.5. The predicted molar refractivity (Wildman–Crippen MR) is 143 cm³/mol. The van der Waals surface area contributed by atoms with E-state index in [0.717, 1.165) is 21.9 Å². The third-order valence-corrected chi connectivity index (χ3v) is 8.59. The summed E-state index contributed by atoms with van der Waals surface area (Å²) in [5.74, 6) is 0.114. The van der Waals surface area contributed by atoms with Crippen LogP contribution in [0.5, 0.6) is 0 Å². The molecular formula is C24H29N4O10PS. The molecule has 16 heteroatoms. The molecule has 1 aromatic carbocycles. The summed E-state index contributed by atoms with van der Waals surface area (Å²) in [5.41, 5.74) is 4.26. The standard InChI is InChI=1S/C24H29N4O10PS/c1-15(13-29)20(30)40-11-10-34-39(33,26-12-16-6-4-3-5-7-16)35-14-17-19-24(2,38-23(32)37-19)21(36-17)28-9-8-18(25)27-22(28)31/h3-9,17,19,21,29H,1,10-14H2,2H3,(H,26,33)(H2,25,27,31)/t17?,19-,21?,24-,39?/m1/s1. The Labute approximate surface area is 233 Å². The number of aliphatic hydroxyl groups excluding tert-OH is 1. The van der Waals surface area contributed by atoms with E-state index < -0.39 is 55.4 Å². The lowest BCUT2D eigenvalue weighted by atomic mass is 9.96. The number of nitrogens with zero attached hydrogens (tertiary/aromatic N) is 2. The van der Waals surface area contributed by atoms with Gasteiger partial charge >= 0.3 is 19.6 Å². The van der Waals surface area contributed by atoms with Crippen molar-refractivity contribution in [3.8, 4) is 0 Å². The molecule has 0 radical (unpaired) electrons. The van der Waals surface area contributed by atoms with Crippen molar-refractivity contribution in [1.29, 1.82) is 0 Å². The Hall–Kier alpha value is -3.04. The van der Waals surface area contributed by atoms with E-state index in [2.05, 4.69) is 16.7 Å². The topological polar surface area (TPSA) is 191 Å². The zero-order chi connectivity index (χ0) is 28.9. The van der Waals surface area contributed by atoms with Crippen LogP contribution in [-0.2, 0) is 39.2 Å². The van der Waals surface area contributed by atoms with Gasteiger partial charge in [0, 0.05) is 24.1 Å². The van der Waals surface area contributed by atoms with E-state index in [4.69, 9.17) is 34.1 Å². The molecule has 216 valence electrons. The summed E-state index contributed by atoms with van der Waals surface area (Å²) in [5, 5.41) is 11.4. The maximum Gasteiger partial charge on any atom is 0.509 e. The molecule has 4 N–H and O–H groups in total. The van der Waals surface area contributed by atoms with Crippen molar-refractivity contribution in [2.24, 2.45) is 0 Å². The minimum Gasteiger partial charge on any atom is -0.424 e. The summed E-state index contributed by atoms with van der Waals surface area (Å²) in [4.78, 5) is 40.2. The molecule has 2 saturated heterocycles. The normalized spacial score (nSPS) is 25.1. The first-order valence-electron chi connectivity index (χ1n) is 12.1. The number of anilines is 1. The monoisotopic (exact) mass is 596 g/mol. The molecule has 2 fully saturated rings. The van der Waals surface area contributed by atoms with Crippen LogP contribution in [0.25, 0.3) is 0 Å². The number of hydrogen-bond acceptors (Lipinski definition) is 13. The molecule has 2 aliphatic heterocycles. The number of ether oxygens (including phenoxy) is 3. The fourth-order valence-electron chi connectivity index (χ4n) is 4.11. The highest BCUT2D eigenvalue weighted by atomic mass is 32.2. The number of carbonyl (C=O) groups is 2. The first-order valence-corrected chi connectivity index (χ1v) is 14.6. The maximum absolute atomic E-state index is 13.7. The van der Waals surface area contributed by atoms with Crippen LogP contribution in [0.4, 0.5) is 10.6 Å². The molecule has 14 nitrogen and oxygen atoms in total. The molecule has 5 atom stereocenters. The number of aromatic nitrogens is 2. The first kappa shape index (κ1) is 29.9. The van der Waals surface area contributed by atoms with Crippen molar-refractivity contribution in [2.45, 2.75) is 37.5 Å². The average molecular weight is 597 g/mol. The minimum atomic E-state index is -4.01. The molecule has 3 heterocycles. The van der Waals surface area contributed by atoms with Crippen molar-refractivity contribution in [1.82, 2.24) is 14.6 Å². The van der Waals surface area contributed by atoms with Crippen LogP contribution in [0.3, 0.4) is 0 Å². The van der Waals surface area contributed by atoms with Crippen LogP contribution in [0.15, 0.2) is 59.5 Å². The number of aliphatic hydroxyl groups is 1. The molecule has 0 spiro atoms. The largest absolute Gasteiger partial charge is 0.509 e. The molecule has 4 rings (SSSR count). The second-order valence-electron chi connectivity index (χ2n) is 8.99. The summed E-state index contributed by atoms with van der Waals surface area (Å²) in [6.45, 7) is 4.14. The molecule has 3 unspecified atom stereocenters. The summed E-state index contributed by atoms with van der Waals surface area (Å²) in [6.07, 6.45) is -2.78. The molecule has 0 bridgehead atoms. The van der Waals surface area contributed by atoms with E-state index in [1.54, 1.807) is 0 Å². The van der Waals surface area contributed by atoms with Gasteiger partial charge in [-0.05, 0) is 18.6 Å². The summed E-state index contributed by atoms with van der Waals surface area (Å²) in [7, 11) is -4.01. The predicted octanol–water partition coefficient (Wildman–Crippen LogP) is 1.76. The van der Waals surface area contributed by atoms with Gasteiger partial charge < -0.3 is 25.1 Å². The second-order valence-corrected chi connectivity index (χ2v) is 11.9. The van der Waals surface area contributed by atoms with Gasteiger partial charge in [0.05, 0.1) is 19.8 Å². The lowest BCUT2D eigenvalue weighted by molar-refractivity contribution is -0.108. The number of hydrogen-bond donors (Lipinski definition) is 3. The highest BCUT2D eigenvalue weighted by Crippen LogP contribution is 2.49. The number of nitrogen functional groups attached to an aromatic ring is 1. The summed E-state index contributed by atoms with van der Waals surface area (Å²) < 4.78 is 42.8. The summed E-state index contributed by atoms with van der Waals surface area (Å²) in [6, 6.07) is 10.5. The van der Waals surface area contributed by atoms with Crippen molar-refractivity contribution in [2.75, 3.05) is 31.3 Å². The highest BCUT2D eigenvalue weighted by molar-refractivity contribution is 8.14. The van der Waals surface area contributed by atoms with Crippen LogP contribution in [0, 0.1) is 0 Å².